The smallest absolute Gasteiger partial charge is 0.247 e. The van der Waals surface area contributed by atoms with Gasteiger partial charge in [0.15, 0.2) is 11.4 Å². The summed E-state index contributed by atoms with van der Waals surface area (Å²) in [5.41, 5.74) is 6.42. The molecule has 9 rings (SSSR count). The average molecular weight is 541 g/mol. The van der Waals surface area contributed by atoms with Crippen molar-refractivity contribution in [1.82, 2.24) is 29.5 Å². The summed E-state index contributed by atoms with van der Waals surface area (Å²) < 4.78 is 8.33. The topological polar surface area (TPSA) is 82.5 Å². The van der Waals surface area contributed by atoms with Crippen molar-refractivity contribution < 1.29 is 4.42 Å². The molecular weight excluding hydrogens is 520 g/mol. The van der Waals surface area contributed by atoms with E-state index in [2.05, 4.69) is 41.0 Å². The Hall–Kier alpha value is -5.95. The molecule has 7 nitrogen and oxygen atoms in total. The Morgan fingerprint density at radius 3 is 2.31 bits per heavy atom. The molecule has 7 heteroatoms. The second-order valence-electron chi connectivity index (χ2n) is 10.2. The van der Waals surface area contributed by atoms with Crippen molar-refractivity contribution in [3.05, 3.63) is 121 Å². The Morgan fingerprint density at radius 2 is 1.38 bits per heavy atom. The molecule has 4 aromatic carbocycles. The number of fused-ring (bicyclic) bond motifs is 7. The van der Waals surface area contributed by atoms with Crippen LogP contribution in [0.2, 0.25) is 0 Å². The number of para-hydroxylation sites is 3. The predicted octanol–water partition coefficient (Wildman–Crippen LogP) is 8.15. The third-order valence-electron chi connectivity index (χ3n) is 7.70. The summed E-state index contributed by atoms with van der Waals surface area (Å²) in [6.07, 6.45) is 1.82. The number of hydrogen-bond acceptors (Lipinski definition) is 6. The van der Waals surface area contributed by atoms with Gasteiger partial charge in [0.2, 0.25) is 5.89 Å². The van der Waals surface area contributed by atoms with Crippen LogP contribution in [0.5, 0.6) is 0 Å². The summed E-state index contributed by atoms with van der Waals surface area (Å²) in [5.74, 6) is 1.80. The number of nitrogens with zero attached hydrogens (tertiary/aromatic N) is 6. The summed E-state index contributed by atoms with van der Waals surface area (Å²) in [5, 5.41) is 4.01. The highest BCUT2D eigenvalue weighted by atomic mass is 16.3. The van der Waals surface area contributed by atoms with Crippen LogP contribution in [0.4, 0.5) is 0 Å². The fourth-order valence-electron chi connectivity index (χ4n) is 5.77. The maximum absolute atomic E-state index is 6.21. The molecule has 0 bridgehead atoms. The molecule has 5 heterocycles. The van der Waals surface area contributed by atoms with Gasteiger partial charge in [-0.3, -0.25) is 4.57 Å². The van der Waals surface area contributed by atoms with E-state index in [1.165, 1.54) is 0 Å². The van der Waals surface area contributed by atoms with Gasteiger partial charge in [-0.05, 0) is 48.5 Å². The zero-order valence-electron chi connectivity index (χ0n) is 22.1. The van der Waals surface area contributed by atoms with E-state index < -0.39 is 0 Å². The number of aromatic nitrogens is 6. The number of benzene rings is 4. The van der Waals surface area contributed by atoms with Gasteiger partial charge in [0.1, 0.15) is 28.2 Å². The Morgan fingerprint density at radius 1 is 0.571 bits per heavy atom. The maximum Gasteiger partial charge on any atom is 0.247 e. The van der Waals surface area contributed by atoms with Crippen LogP contribution in [0.25, 0.3) is 83.6 Å². The van der Waals surface area contributed by atoms with Gasteiger partial charge < -0.3 is 4.42 Å². The second kappa shape index (κ2) is 8.78. The average Bonchev–Trinajstić information content (AvgIpc) is 3.64. The number of pyridine rings is 2. The molecule has 0 aliphatic carbocycles. The van der Waals surface area contributed by atoms with Crippen molar-refractivity contribution in [1.29, 1.82) is 0 Å². The molecule has 5 aromatic heterocycles. The molecule has 0 amide bonds. The van der Waals surface area contributed by atoms with Crippen LogP contribution in [0.3, 0.4) is 0 Å². The fraction of sp³-hybridized carbons (Fsp3) is 0. The SMILES string of the molecule is c1ccc(-c2nc(-c3nc4ccccc4o3)c3ccc4ccc(-n5c6ccccc6c6cccnc65)nc4c3n2)cc1. The minimum absolute atomic E-state index is 0.447. The van der Waals surface area contributed by atoms with Crippen LogP contribution in [-0.4, -0.2) is 29.5 Å². The first kappa shape index (κ1) is 22.8. The lowest BCUT2D eigenvalue weighted by molar-refractivity contribution is 0.617. The minimum atomic E-state index is 0.447. The Labute approximate surface area is 238 Å². The molecule has 0 aliphatic rings. The van der Waals surface area contributed by atoms with Crippen LogP contribution in [0.15, 0.2) is 126 Å². The van der Waals surface area contributed by atoms with Crippen LogP contribution >= 0.6 is 0 Å². The molecule has 0 saturated heterocycles. The largest absolute Gasteiger partial charge is 0.435 e. The van der Waals surface area contributed by atoms with E-state index in [-0.39, 0.29) is 0 Å². The van der Waals surface area contributed by atoms with Gasteiger partial charge in [0.05, 0.1) is 11.0 Å². The number of hydrogen-bond donors (Lipinski definition) is 0. The quantitative estimate of drug-likeness (QED) is 0.210. The van der Waals surface area contributed by atoms with E-state index in [1.54, 1.807) is 0 Å². The van der Waals surface area contributed by atoms with E-state index in [0.717, 1.165) is 60.6 Å². The summed E-state index contributed by atoms with van der Waals surface area (Å²) in [4.78, 5) is 24.8. The molecule has 0 N–H and O–H groups in total. The highest BCUT2D eigenvalue weighted by molar-refractivity contribution is 6.09. The summed E-state index contributed by atoms with van der Waals surface area (Å²) in [7, 11) is 0. The van der Waals surface area contributed by atoms with Gasteiger partial charge in [0.25, 0.3) is 0 Å². The molecule has 0 atom stereocenters. The summed E-state index contributed by atoms with van der Waals surface area (Å²) in [6.45, 7) is 0. The van der Waals surface area contributed by atoms with Crippen molar-refractivity contribution in [3.63, 3.8) is 0 Å². The molecule has 0 fully saturated rings. The fourth-order valence-corrected chi connectivity index (χ4v) is 5.77. The number of rotatable bonds is 3. The van der Waals surface area contributed by atoms with Crippen molar-refractivity contribution in [2.45, 2.75) is 0 Å². The molecule has 0 saturated carbocycles. The van der Waals surface area contributed by atoms with Gasteiger partial charge >= 0.3 is 0 Å². The minimum Gasteiger partial charge on any atom is -0.435 e. The Bertz CT molecular complexity index is 2390. The zero-order valence-corrected chi connectivity index (χ0v) is 22.1. The van der Waals surface area contributed by atoms with Crippen molar-refractivity contribution in [2.75, 3.05) is 0 Å². The zero-order chi connectivity index (χ0) is 27.6. The highest BCUT2D eigenvalue weighted by Gasteiger charge is 2.20. The lowest BCUT2D eigenvalue weighted by Crippen LogP contribution is -2.01. The molecule has 42 heavy (non-hydrogen) atoms. The van der Waals surface area contributed by atoms with E-state index >= 15 is 0 Å². The van der Waals surface area contributed by atoms with E-state index in [1.807, 2.05) is 85.1 Å². The van der Waals surface area contributed by atoms with E-state index in [0.29, 0.717) is 23.0 Å². The van der Waals surface area contributed by atoms with Gasteiger partial charge in [-0.1, -0.05) is 66.7 Å². The van der Waals surface area contributed by atoms with Gasteiger partial charge in [-0.2, -0.15) is 0 Å². The first-order chi connectivity index (χ1) is 20.8. The lowest BCUT2D eigenvalue weighted by Gasteiger charge is -2.11. The summed E-state index contributed by atoms with van der Waals surface area (Å²) >= 11 is 0. The van der Waals surface area contributed by atoms with E-state index in [4.69, 9.17) is 29.3 Å². The van der Waals surface area contributed by atoms with E-state index in [9.17, 15) is 0 Å². The van der Waals surface area contributed by atoms with Crippen LogP contribution in [0.1, 0.15) is 0 Å². The van der Waals surface area contributed by atoms with Crippen LogP contribution in [-0.2, 0) is 0 Å². The molecule has 0 radical (unpaired) electrons. The van der Waals surface area contributed by atoms with Crippen molar-refractivity contribution >= 4 is 54.8 Å². The first-order valence-corrected chi connectivity index (χ1v) is 13.7. The standard InChI is InChI=1S/C35H20N6O/c1-2-9-22(10-3-1)33-39-31-25(32(40-33)35-37-26-13-5-7-15-28(26)42-35)18-16-21-17-19-29(38-30(21)31)41-27-14-6-4-11-23(27)24-12-8-20-36-34(24)41/h1-20H. The lowest BCUT2D eigenvalue weighted by atomic mass is 10.1. The van der Waals surface area contributed by atoms with Gasteiger partial charge in [-0.25, -0.2) is 24.9 Å². The Balaban J connectivity index is 1.37. The van der Waals surface area contributed by atoms with Crippen LogP contribution < -0.4 is 0 Å². The van der Waals surface area contributed by atoms with Gasteiger partial charge in [0, 0.05) is 33.3 Å². The molecule has 0 spiro atoms. The maximum atomic E-state index is 6.21. The molecule has 196 valence electrons. The Kier molecular flexibility index (Phi) is 4.77. The number of oxazole rings is 1. The van der Waals surface area contributed by atoms with Crippen LogP contribution in [0, 0.1) is 0 Å². The summed E-state index contributed by atoms with van der Waals surface area (Å²) in [6, 6.07) is 38.3. The molecule has 9 aromatic rings. The normalized spacial score (nSPS) is 11.8. The first-order valence-electron chi connectivity index (χ1n) is 13.7. The van der Waals surface area contributed by atoms with Gasteiger partial charge in [-0.15, -0.1) is 0 Å². The molecule has 0 aliphatic heterocycles. The second-order valence-corrected chi connectivity index (χ2v) is 10.2. The molecular formula is C35H20N6O. The highest BCUT2D eigenvalue weighted by Crippen LogP contribution is 2.35. The van der Waals surface area contributed by atoms with Crippen molar-refractivity contribution in [3.8, 4) is 28.8 Å². The third kappa shape index (κ3) is 3.37. The third-order valence-corrected chi connectivity index (χ3v) is 7.70. The molecule has 0 unspecified atom stereocenters. The van der Waals surface area contributed by atoms with Crippen molar-refractivity contribution in [2.24, 2.45) is 0 Å². The predicted molar refractivity (Wildman–Crippen MR) is 165 cm³/mol. The monoisotopic (exact) mass is 540 g/mol.